The van der Waals surface area contributed by atoms with Gasteiger partial charge in [0.15, 0.2) is 12.6 Å². The molecule has 9 atom stereocenters. The Balaban J connectivity index is 2.28. The van der Waals surface area contributed by atoms with Gasteiger partial charge in [-0.1, -0.05) is 0 Å². The predicted octanol–water partition coefficient (Wildman–Crippen LogP) is -1.27. The van der Waals surface area contributed by atoms with E-state index in [1.807, 2.05) is 0 Å². The minimum absolute atomic E-state index is 0.138. The second-order valence-corrected chi connectivity index (χ2v) is 7.04. The van der Waals surface area contributed by atoms with Gasteiger partial charge in [-0.3, -0.25) is 0 Å². The molecule has 0 radical (unpaired) electrons. The van der Waals surface area contributed by atoms with Gasteiger partial charge in [-0.25, -0.2) is 0 Å². The van der Waals surface area contributed by atoms with Crippen molar-refractivity contribution in [2.45, 2.75) is 48.9 Å². The van der Waals surface area contributed by atoms with Crippen LogP contribution in [-0.4, -0.2) is 122 Å². The van der Waals surface area contributed by atoms with E-state index in [2.05, 4.69) is 0 Å². The first-order valence-corrected chi connectivity index (χ1v) is 9.35. The molecule has 2 rings (SSSR count). The Labute approximate surface area is 171 Å². The maximum atomic E-state index is 11.0. The standard InChI is InChI=1S/C18H34O11/c1-21-7-10-15(20)18(9-23-3,28-16(10)26-6)29-17-12(19)14(25-5)13(24-4)11(27-17)8-22-2/h10-17,19-20H,7-9H2,1-6H3. The molecule has 0 aromatic rings. The summed E-state index contributed by atoms with van der Waals surface area (Å²) in [6, 6.07) is 0. The number of hydrogen-bond donors (Lipinski definition) is 2. The lowest BCUT2D eigenvalue weighted by Crippen LogP contribution is -2.63. The fraction of sp³-hybridized carbons (Fsp3) is 1.00. The van der Waals surface area contributed by atoms with Crippen molar-refractivity contribution in [3.05, 3.63) is 0 Å². The molecule has 9 unspecified atom stereocenters. The quantitative estimate of drug-likeness (QED) is 0.411. The van der Waals surface area contributed by atoms with E-state index < -0.39 is 54.8 Å². The van der Waals surface area contributed by atoms with Crippen LogP contribution < -0.4 is 0 Å². The lowest BCUT2D eigenvalue weighted by atomic mass is 9.97. The lowest BCUT2D eigenvalue weighted by Gasteiger charge is -2.45. The van der Waals surface area contributed by atoms with Crippen molar-refractivity contribution in [2.75, 3.05) is 62.5 Å². The van der Waals surface area contributed by atoms with Crippen LogP contribution in [0, 0.1) is 5.92 Å². The van der Waals surface area contributed by atoms with Gasteiger partial charge in [0, 0.05) is 42.7 Å². The molecule has 0 aromatic heterocycles. The van der Waals surface area contributed by atoms with Gasteiger partial charge in [0.25, 0.3) is 0 Å². The van der Waals surface area contributed by atoms with E-state index in [0.29, 0.717) is 0 Å². The van der Waals surface area contributed by atoms with Crippen LogP contribution >= 0.6 is 0 Å². The molecule has 2 aliphatic heterocycles. The molecule has 2 saturated heterocycles. The fourth-order valence-corrected chi connectivity index (χ4v) is 3.91. The first-order valence-electron chi connectivity index (χ1n) is 9.35. The normalized spacial score (nSPS) is 43.0. The van der Waals surface area contributed by atoms with Gasteiger partial charge in [-0.15, -0.1) is 0 Å². The second kappa shape index (κ2) is 11.3. The molecule has 29 heavy (non-hydrogen) atoms. The zero-order chi connectivity index (χ0) is 21.6. The molecule has 2 aliphatic rings. The van der Waals surface area contributed by atoms with Crippen LogP contribution in [0.5, 0.6) is 0 Å². The number of hydrogen-bond acceptors (Lipinski definition) is 11. The largest absolute Gasteiger partial charge is 0.387 e. The molecule has 0 bridgehead atoms. The third-order valence-electron chi connectivity index (χ3n) is 5.26. The van der Waals surface area contributed by atoms with Gasteiger partial charge >= 0.3 is 0 Å². The number of aliphatic hydroxyl groups excluding tert-OH is 2. The van der Waals surface area contributed by atoms with Crippen LogP contribution in [0.15, 0.2) is 0 Å². The predicted molar refractivity (Wildman–Crippen MR) is 97.1 cm³/mol. The molecule has 0 spiro atoms. The van der Waals surface area contributed by atoms with Gasteiger partial charge in [0.2, 0.25) is 5.79 Å². The topological polar surface area (TPSA) is 124 Å². The van der Waals surface area contributed by atoms with Gasteiger partial charge < -0.3 is 52.8 Å². The molecule has 11 heteroatoms. The average Bonchev–Trinajstić information content (AvgIpc) is 2.96. The van der Waals surface area contributed by atoms with Crippen molar-refractivity contribution in [1.29, 1.82) is 0 Å². The van der Waals surface area contributed by atoms with E-state index in [0.717, 1.165) is 0 Å². The molecule has 172 valence electrons. The van der Waals surface area contributed by atoms with Gasteiger partial charge in [0.05, 0.1) is 19.1 Å². The Morgan fingerprint density at radius 3 is 1.97 bits per heavy atom. The Bertz CT molecular complexity index is 481. The van der Waals surface area contributed by atoms with Crippen molar-refractivity contribution >= 4 is 0 Å². The molecule has 0 aromatic carbocycles. The van der Waals surface area contributed by atoms with Crippen LogP contribution in [0.25, 0.3) is 0 Å². The summed E-state index contributed by atoms with van der Waals surface area (Å²) >= 11 is 0. The Morgan fingerprint density at radius 1 is 0.793 bits per heavy atom. The van der Waals surface area contributed by atoms with Crippen LogP contribution in [-0.2, 0) is 42.6 Å². The molecule has 11 nitrogen and oxygen atoms in total. The Kier molecular flexibility index (Phi) is 9.64. The van der Waals surface area contributed by atoms with Crippen LogP contribution in [0.4, 0.5) is 0 Å². The summed E-state index contributed by atoms with van der Waals surface area (Å²) in [7, 11) is 8.87. The zero-order valence-electron chi connectivity index (χ0n) is 17.8. The van der Waals surface area contributed by atoms with Crippen molar-refractivity contribution < 1.29 is 52.8 Å². The number of rotatable bonds is 11. The minimum Gasteiger partial charge on any atom is -0.387 e. The van der Waals surface area contributed by atoms with Crippen LogP contribution in [0.3, 0.4) is 0 Å². The summed E-state index contributed by atoms with van der Waals surface area (Å²) in [5, 5.41) is 21.8. The highest BCUT2D eigenvalue weighted by Crippen LogP contribution is 2.40. The number of aliphatic hydroxyl groups is 2. The summed E-state index contributed by atoms with van der Waals surface area (Å²) in [5.74, 6) is -2.19. The third kappa shape index (κ3) is 5.08. The molecule has 2 fully saturated rings. The highest BCUT2D eigenvalue weighted by molar-refractivity contribution is 4.97. The molecular weight excluding hydrogens is 392 g/mol. The SMILES string of the molecule is COCC1OC(OC2(COC)OC(OC)C(COC)C2O)C(O)C(OC)C1OC. The van der Waals surface area contributed by atoms with Gasteiger partial charge in [0.1, 0.15) is 37.1 Å². The van der Waals surface area contributed by atoms with Crippen molar-refractivity contribution in [3.63, 3.8) is 0 Å². The maximum absolute atomic E-state index is 11.0. The molecule has 2 heterocycles. The summed E-state index contributed by atoms with van der Waals surface area (Å²) in [6.07, 6.45) is -6.36. The minimum atomic E-state index is -1.65. The summed E-state index contributed by atoms with van der Waals surface area (Å²) in [4.78, 5) is 0. The summed E-state index contributed by atoms with van der Waals surface area (Å²) < 4.78 is 49.6. The first kappa shape index (κ1) is 24.8. The highest BCUT2D eigenvalue weighted by atomic mass is 16.8. The third-order valence-corrected chi connectivity index (χ3v) is 5.26. The van der Waals surface area contributed by atoms with Crippen molar-refractivity contribution in [2.24, 2.45) is 5.92 Å². The van der Waals surface area contributed by atoms with E-state index in [9.17, 15) is 10.2 Å². The molecule has 0 saturated carbocycles. The van der Waals surface area contributed by atoms with E-state index in [-0.39, 0.29) is 19.8 Å². The van der Waals surface area contributed by atoms with Crippen LogP contribution in [0.1, 0.15) is 0 Å². The summed E-state index contributed by atoms with van der Waals surface area (Å²) in [6.45, 7) is 0.209. The average molecular weight is 426 g/mol. The van der Waals surface area contributed by atoms with Gasteiger partial charge in [-0.2, -0.15) is 0 Å². The highest BCUT2D eigenvalue weighted by Gasteiger charge is 2.59. The van der Waals surface area contributed by atoms with E-state index >= 15 is 0 Å². The number of ether oxygens (including phenoxy) is 9. The fourth-order valence-electron chi connectivity index (χ4n) is 3.91. The second-order valence-electron chi connectivity index (χ2n) is 7.04. The lowest BCUT2D eigenvalue weighted by molar-refractivity contribution is -0.393. The van der Waals surface area contributed by atoms with E-state index in [1.165, 1.54) is 42.7 Å². The Morgan fingerprint density at radius 2 is 1.45 bits per heavy atom. The smallest absolute Gasteiger partial charge is 0.224 e. The Hall–Kier alpha value is -0.440. The van der Waals surface area contributed by atoms with Gasteiger partial charge in [-0.05, 0) is 0 Å². The maximum Gasteiger partial charge on any atom is 0.224 e. The van der Waals surface area contributed by atoms with Crippen molar-refractivity contribution in [3.8, 4) is 0 Å². The molecule has 0 amide bonds. The number of methoxy groups -OCH3 is 6. The van der Waals surface area contributed by atoms with Crippen molar-refractivity contribution in [1.82, 2.24) is 0 Å². The van der Waals surface area contributed by atoms with Crippen LogP contribution in [0.2, 0.25) is 0 Å². The van der Waals surface area contributed by atoms with E-state index in [4.69, 9.17) is 42.6 Å². The molecular formula is C18H34O11. The summed E-state index contributed by atoms with van der Waals surface area (Å²) in [5.41, 5.74) is 0. The zero-order valence-corrected chi connectivity index (χ0v) is 17.8. The first-order chi connectivity index (χ1) is 13.9. The molecule has 0 aliphatic carbocycles. The molecule has 2 N–H and O–H groups in total. The van der Waals surface area contributed by atoms with E-state index in [1.54, 1.807) is 0 Å². The monoisotopic (exact) mass is 426 g/mol.